The molecule has 0 unspecified atom stereocenters. The smallest absolute Gasteiger partial charge is 0.246 e. The van der Waals surface area contributed by atoms with Gasteiger partial charge in [0.1, 0.15) is 6.61 Å². The Labute approximate surface area is 106 Å². The molecule has 1 fully saturated rings. The number of amides is 1. The second kappa shape index (κ2) is 5.93. The highest BCUT2D eigenvalue weighted by atomic mass is 16.5. The predicted octanol–water partition coefficient (Wildman–Crippen LogP) is 0.656. The molecule has 1 saturated carbocycles. The van der Waals surface area contributed by atoms with E-state index in [9.17, 15) is 9.90 Å². The molecule has 0 bridgehead atoms. The minimum absolute atomic E-state index is 0.0403. The summed E-state index contributed by atoms with van der Waals surface area (Å²) in [5.74, 6) is 0.0882. The third-order valence-electron chi connectivity index (χ3n) is 3.22. The van der Waals surface area contributed by atoms with Crippen LogP contribution < -0.4 is 5.32 Å². The van der Waals surface area contributed by atoms with Crippen molar-refractivity contribution in [2.24, 2.45) is 5.92 Å². The van der Waals surface area contributed by atoms with Gasteiger partial charge < -0.3 is 15.2 Å². The molecule has 1 aromatic heterocycles. The lowest BCUT2D eigenvalue weighted by Crippen LogP contribution is -2.42. The van der Waals surface area contributed by atoms with Crippen molar-refractivity contribution in [3.63, 3.8) is 0 Å². The number of rotatable bonds is 5. The number of ether oxygens (including phenoxy) is 1. The number of hydrogen-bond donors (Lipinski definition) is 2. The van der Waals surface area contributed by atoms with Gasteiger partial charge in [0.25, 0.3) is 0 Å². The molecular weight excluding hydrogens is 232 g/mol. The summed E-state index contributed by atoms with van der Waals surface area (Å²) in [6, 6.07) is 5.49. The van der Waals surface area contributed by atoms with E-state index in [1.165, 1.54) is 7.11 Å². The Bertz CT molecular complexity index is 390. The van der Waals surface area contributed by atoms with E-state index in [-0.39, 0.29) is 30.6 Å². The lowest BCUT2D eigenvalue weighted by molar-refractivity contribution is -0.126. The molecule has 0 aliphatic heterocycles. The van der Waals surface area contributed by atoms with Gasteiger partial charge >= 0.3 is 0 Å². The van der Waals surface area contributed by atoms with Gasteiger partial charge in [0.2, 0.25) is 5.91 Å². The number of carbonyl (C=O) groups excluding carboxylic acids is 1. The summed E-state index contributed by atoms with van der Waals surface area (Å²) < 4.78 is 4.81. The minimum atomic E-state index is -0.250. The third kappa shape index (κ3) is 3.05. The Kier molecular flexibility index (Phi) is 4.28. The molecule has 98 valence electrons. The third-order valence-corrected chi connectivity index (χ3v) is 3.22. The first-order chi connectivity index (χ1) is 8.70. The van der Waals surface area contributed by atoms with Crippen molar-refractivity contribution in [2.45, 2.75) is 25.0 Å². The number of methoxy groups -OCH3 is 1. The average Bonchev–Trinajstić information content (AvgIpc) is 2.34. The zero-order chi connectivity index (χ0) is 13.0. The number of aliphatic hydroxyl groups excluding tert-OH is 1. The van der Waals surface area contributed by atoms with Gasteiger partial charge in [-0.3, -0.25) is 9.78 Å². The number of aromatic nitrogens is 1. The maximum Gasteiger partial charge on any atom is 0.246 e. The first-order valence-corrected chi connectivity index (χ1v) is 6.08. The molecule has 1 aliphatic carbocycles. The van der Waals surface area contributed by atoms with Crippen molar-refractivity contribution < 1.29 is 14.6 Å². The molecule has 1 atom stereocenters. The SMILES string of the molecule is COCC(=O)N[C@H](c1ccccn1)C1CC(O)C1. The number of pyridine rings is 1. The summed E-state index contributed by atoms with van der Waals surface area (Å²) >= 11 is 0. The van der Waals surface area contributed by atoms with E-state index in [1.54, 1.807) is 6.20 Å². The molecule has 1 heterocycles. The highest BCUT2D eigenvalue weighted by Crippen LogP contribution is 2.37. The van der Waals surface area contributed by atoms with E-state index in [1.807, 2.05) is 18.2 Å². The highest BCUT2D eigenvalue weighted by molar-refractivity contribution is 5.77. The van der Waals surface area contributed by atoms with Gasteiger partial charge in [-0.1, -0.05) is 6.07 Å². The molecule has 0 radical (unpaired) electrons. The lowest BCUT2D eigenvalue weighted by atomic mass is 9.76. The number of carbonyl (C=O) groups is 1. The maximum absolute atomic E-state index is 11.6. The van der Waals surface area contributed by atoms with Crippen molar-refractivity contribution in [3.8, 4) is 0 Å². The molecular formula is C13H18N2O3. The van der Waals surface area contributed by atoms with Gasteiger partial charge in [0.15, 0.2) is 0 Å². The van der Waals surface area contributed by atoms with Crippen LogP contribution in [0, 0.1) is 5.92 Å². The average molecular weight is 250 g/mol. The van der Waals surface area contributed by atoms with Gasteiger partial charge in [-0.15, -0.1) is 0 Å². The van der Waals surface area contributed by atoms with E-state index in [2.05, 4.69) is 10.3 Å². The van der Waals surface area contributed by atoms with Crippen molar-refractivity contribution in [1.29, 1.82) is 0 Å². The van der Waals surface area contributed by atoms with Crippen LogP contribution in [0.5, 0.6) is 0 Å². The Balaban J connectivity index is 2.06. The highest BCUT2D eigenvalue weighted by Gasteiger charge is 2.36. The van der Waals surface area contributed by atoms with Crippen LogP contribution in [0.4, 0.5) is 0 Å². The Hall–Kier alpha value is -1.46. The predicted molar refractivity (Wildman–Crippen MR) is 65.7 cm³/mol. The van der Waals surface area contributed by atoms with Crippen LogP contribution in [0.1, 0.15) is 24.6 Å². The Morgan fingerprint density at radius 3 is 2.94 bits per heavy atom. The Morgan fingerprint density at radius 2 is 2.39 bits per heavy atom. The number of hydrogen-bond acceptors (Lipinski definition) is 4. The zero-order valence-corrected chi connectivity index (χ0v) is 10.4. The monoisotopic (exact) mass is 250 g/mol. The van der Waals surface area contributed by atoms with E-state index in [0.717, 1.165) is 5.69 Å². The first kappa shape index (κ1) is 13.0. The van der Waals surface area contributed by atoms with Gasteiger partial charge in [0.05, 0.1) is 17.8 Å². The molecule has 1 aromatic rings. The summed E-state index contributed by atoms with van der Waals surface area (Å²) in [5, 5.41) is 12.3. The first-order valence-electron chi connectivity index (χ1n) is 6.08. The summed E-state index contributed by atoms with van der Waals surface area (Å²) in [7, 11) is 1.49. The molecule has 5 heteroatoms. The normalized spacial score (nSPS) is 24.1. The second-order valence-corrected chi connectivity index (χ2v) is 4.62. The Morgan fingerprint density at radius 1 is 1.61 bits per heavy atom. The number of aliphatic hydroxyl groups is 1. The van der Waals surface area contributed by atoms with E-state index < -0.39 is 0 Å². The summed E-state index contributed by atoms with van der Waals surface area (Å²) in [4.78, 5) is 15.9. The summed E-state index contributed by atoms with van der Waals surface area (Å²) in [6.07, 6.45) is 2.86. The largest absolute Gasteiger partial charge is 0.393 e. The molecule has 0 saturated heterocycles. The maximum atomic E-state index is 11.6. The van der Waals surface area contributed by atoms with E-state index in [0.29, 0.717) is 12.8 Å². The van der Waals surface area contributed by atoms with Crippen LogP contribution >= 0.6 is 0 Å². The summed E-state index contributed by atoms with van der Waals surface area (Å²) in [6.45, 7) is 0.0403. The topological polar surface area (TPSA) is 71.5 Å². The van der Waals surface area contributed by atoms with Gasteiger partial charge in [0, 0.05) is 13.3 Å². The van der Waals surface area contributed by atoms with Crippen LogP contribution in [0.3, 0.4) is 0 Å². The van der Waals surface area contributed by atoms with E-state index in [4.69, 9.17) is 4.74 Å². The van der Waals surface area contributed by atoms with Crippen LogP contribution in [0.2, 0.25) is 0 Å². The van der Waals surface area contributed by atoms with Crippen molar-refractivity contribution in [3.05, 3.63) is 30.1 Å². The van der Waals surface area contributed by atoms with E-state index >= 15 is 0 Å². The van der Waals surface area contributed by atoms with Crippen LogP contribution in [-0.2, 0) is 9.53 Å². The number of nitrogens with one attached hydrogen (secondary N) is 1. The molecule has 1 amide bonds. The van der Waals surface area contributed by atoms with Crippen molar-refractivity contribution in [2.75, 3.05) is 13.7 Å². The molecule has 0 spiro atoms. The van der Waals surface area contributed by atoms with Gasteiger partial charge in [-0.05, 0) is 30.9 Å². The fourth-order valence-corrected chi connectivity index (χ4v) is 2.24. The van der Waals surface area contributed by atoms with Crippen molar-refractivity contribution in [1.82, 2.24) is 10.3 Å². The summed E-state index contributed by atoms with van der Waals surface area (Å²) in [5.41, 5.74) is 0.832. The molecule has 0 aromatic carbocycles. The van der Waals surface area contributed by atoms with Crippen LogP contribution in [0.25, 0.3) is 0 Å². The van der Waals surface area contributed by atoms with Gasteiger partial charge in [-0.2, -0.15) is 0 Å². The molecule has 18 heavy (non-hydrogen) atoms. The van der Waals surface area contributed by atoms with Crippen molar-refractivity contribution >= 4 is 5.91 Å². The second-order valence-electron chi connectivity index (χ2n) is 4.62. The lowest BCUT2D eigenvalue weighted by Gasteiger charge is -2.37. The molecule has 1 aliphatic rings. The minimum Gasteiger partial charge on any atom is -0.393 e. The van der Waals surface area contributed by atoms with Crippen LogP contribution in [-0.4, -0.2) is 35.8 Å². The molecule has 5 nitrogen and oxygen atoms in total. The fourth-order valence-electron chi connectivity index (χ4n) is 2.24. The fraction of sp³-hybridized carbons (Fsp3) is 0.538. The quantitative estimate of drug-likeness (QED) is 0.805. The number of nitrogens with zero attached hydrogens (tertiary/aromatic N) is 1. The standard InChI is InChI=1S/C13H18N2O3/c1-18-8-12(17)15-13(9-6-10(16)7-9)11-4-2-3-5-14-11/h2-5,9-10,13,16H,6-8H2,1H3,(H,15,17)/t9?,10?,13-/m0/s1. The van der Waals surface area contributed by atoms with Gasteiger partial charge in [-0.25, -0.2) is 0 Å². The van der Waals surface area contributed by atoms with Crippen LogP contribution in [0.15, 0.2) is 24.4 Å². The molecule has 2 rings (SSSR count). The zero-order valence-electron chi connectivity index (χ0n) is 10.4. The molecule has 2 N–H and O–H groups in total.